The lowest BCUT2D eigenvalue weighted by atomic mass is 10.1. The van der Waals surface area contributed by atoms with Gasteiger partial charge in [-0.3, -0.25) is 0 Å². The molecule has 4 aromatic rings. The molecule has 2 aromatic heterocycles. The highest BCUT2D eigenvalue weighted by molar-refractivity contribution is 7.14. The van der Waals surface area contributed by atoms with E-state index < -0.39 is 5.82 Å². The van der Waals surface area contributed by atoms with Gasteiger partial charge in [0.25, 0.3) is 0 Å². The molecule has 0 N–H and O–H groups in total. The van der Waals surface area contributed by atoms with Gasteiger partial charge in [-0.2, -0.15) is 5.10 Å². The van der Waals surface area contributed by atoms with Crippen LogP contribution in [0.5, 0.6) is 11.5 Å². The summed E-state index contributed by atoms with van der Waals surface area (Å²) in [4.78, 5) is 5.69. The predicted octanol–water partition coefficient (Wildman–Crippen LogP) is 5.71. The van der Waals surface area contributed by atoms with Gasteiger partial charge in [0.15, 0.2) is 23.1 Å². The molecule has 1 aliphatic rings. The highest BCUT2D eigenvalue weighted by Gasteiger charge is 2.21. The molecular formula is C21H15ClFN3O2S. The molecule has 1 aliphatic heterocycles. The molecular weight excluding hydrogens is 413 g/mol. The molecule has 0 bridgehead atoms. The quantitative estimate of drug-likeness (QED) is 0.420. The zero-order chi connectivity index (χ0) is 20.1. The van der Waals surface area contributed by atoms with Crippen LogP contribution < -0.4 is 9.47 Å². The minimum atomic E-state index is -0.447. The van der Waals surface area contributed by atoms with Crippen molar-refractivity contribution < 1.29 is 13.9 Å². The highest BCUT2D eigenvalue weighted by Crippen LogP contribution is 2.42. The Labute approximate surface area is 175 Å². The Balaban J connectivity index is 1.57. The molecule has 0 radical (unpaired) electrons. The number of hydrogen-bond acceptors (Lipinski definition) is 5. The van der Waals surface area contributed by atoms with E-state index in [1.54, 1.807) is 35.2 Å². The zero-order valence-electron chi connectivity index (χ0n) is 15.6. The van der Waals surface area contributed by atoms with Crippen LogP contribution in [0.2, 0.25) is 5.02 Å². The molecule has 0 spiro atoms. The van der Waals surface area contributed by atoms with Crippen LogP contribution in [0.1, 0.15) is 5.56 Å². The van der Waals surface area contributed by atoms with Crippen LogP contribution in [0.15, 0.2) is 41.8 Å². The fourth-order valence-electron chi connectivity index (χ4n) is 3.40. The summed E-state index contributed by atoms with van der Waals surface area (Å²) in [6, 6.07) is 10.4. The molecule has 5 rings (SSSR count). The summed E-state index contributed by atoms with van der Waals surface area (Å²) >= 11 is 7.80. The van der Waals surface area contributed by atoms with E-state index in [2.05, 4.69) is 10.1 Å². The third-order valence-electron chi connectivity index (χ3n) is 4.86. The first-order valence-corrected chi connectivity index (χ1v) is 10.1. The lowest BCUT2D eigenvalue weighted by Gasteiger charge is -2.04. The van der Waals surface area contributed by atoms with Crippen molar-refractivity contribution in [2.75, 3.05) is 6.79 Å². The number of ether oxygens (including phenoxy) is 2. The van der Waals surface area contributed by atoms with Crippen molar-refractivity contribution in [1.29, 1.82) is 0 Å². The Kier molecular flexibility index (Phi) is 4.29. The van der Waals surface area contributed by atoms with Gasteiger partial charge in [0.2, 0.25) is 6.79 Å². The van der Waals surface area contributed by atoms with Crippen molar-refractivity contribution >= 4 is 22.9 Å². The number of rotatable bonds is 3. The van der Waals surface area contributed by atoms with Crippen LogP contribution in [0.3, 0.4) is 0 Å². The summed E-state index contributed by atoms with van der Waals surface area (Å²) in [6.07, 6.45) is 0. The van der Waals surface area contributed by atoms with E-state index in [9.17, 15) is 4.39 Å². The average molecular weight is 428 g/mol. The van der Waals surface area contributed by atoms with Crippen molar-refractivity contribution in [3.05, 3.63) is 58.2 Å². The van der Waals surface area contributed by atoms with Gasteiger partial charge >= 0.3 is 0 Å². The summed E-state index contributed by atoms with van der Waals surface area (Å²) in [5.41, 5.74) is 3.26. The first kappa shape index (κ1) is 18.1. The van der Waals surface area contributed by atoms with Crippen molar-refractivity contribution in [1.82, 2.24) is 14.8 Å². The van der Waals surface area contributed by atoms with Crippen molar-refractivity contribution in [2.45, 2.75) is 6.92 Å². The van der Waals surface area contributed by atoms with Crippen molar-refractivity contribution in [2.24, 2.45) is 7.05 Å². The van der Waals surface area contributed by atoms with Crippen LogP contribution in [-0.4, -0.2) is 21.6 Å². The zero-order valence-corrected chi connectivity index (χ0v) is 17.1. The third kappa shape index (κ3) is 2.97. The van der Waals surface area contributed by atoms with Crippen LogP contribution in [0.25, 0.3) is 33.2 Å². The topological polar surface area (TPSA) is 49.2 Å². The Morgan fingerprint density at radius 2 is 2.00 bits per heavy atom. The van der Waals surface area contributed by atoms with Gasteiger partial charge in [-0.1, -0.05) is 17.7 Å². The standard InChI is InChI=1S/C21H15ClFN3O2S/c1-11-13(9-29-19(11)12-6-7-16-17(8-12)28-10-27-16)21-24-20(25-26(21)2)18-14(22)4-3-5-15(18)23/h3-9H,10H2,1-2H3. The Bertz CT molecular complexity index is 1230. The van der Waals surface area contributed by atoms with Gasteiger partial charge in [-0.25, -0.2) is 14.1 Å². The maximum atomic E-state index is 14.3. The van der Waals surface area contributed by atoms with E-state index in [4.69, 9.17) is 21.1 Å². The summed E-state index contributed by atoms with van der Waals surface area (Å²) in [5, 5.41) is 6.71. The van der Waals surface area contributed by atoms with Gasteiger partial charge < -0.3 is 9.47 Å². The second-order valence-corrected chi connectivity index (χ2v) is 7.94. The van der Waals surface area contributed by atoms with Gasteiger partial charge in [0.05, 0.1) is 10.6 Å². The van der Waals surface area contributed by atoms with Crippen LogP contribution >= 0.6 is 22.9 Å². The first-order chi connectivity index (χ1) is 14.0. The monoisotopic (exact) mass is 427 g/mol. The van der Waals surface area contributed by atoms with Crippen LogP contribution in [-0.2, 0) is 7.05 Å². The molecule has 0 aliphatic carbocycles. The summed E-state index contributed by atoms with van der Waals surface area (Å²) in [5.74, 6) is 1.97. The number of hydrogen-bond donors (Lipinski definition) is 0. The van der Waals surface area contributed by atoms with Crippen molar-refractivity contribution in [3.63, 3.8) is 0 Å². The van der Waals surface area contributed by atoms with Crippen LogP contribution in [0, 0.1) is 12.7 Å². The number of thiophene rings is 1. The molecule has 3 heterocycles. The lowest BCUT2D eigenvalue weighted by Crippen LogP contribution is -1.95. The summed E-state index contributed by atoms with van der Waals surface area (Å²) in [6.45, 7) is 2.28. The fourth-order valence-corrected chi connectivity index (χ4v) is 4.71. The Hall–Kier alpha value is -2.90. The molecule has 0 atom stereocenters. The minimum absolute atomic E-state index is 0.208. The molecule has 0 saturated carbocycles. The van der Waals surface area contributed by atoms with E-state index in [1.165, 1.54) is 6.07 Å². The lowest BCUT2D eigenvalue weighted by molar-refractivity contribution is 0.174. The molecule has 2 aromatic carbocycles. The molecule has 29 heavy (non-hydrogen) atoms. The maximum absolute atomic E-state index is 14.3. The van der Waals surface area contributed by atoms with E-state index in [0.29, 0.717) is 5.82 Å². The number of benzene rings is 2. The maximum Gasteiger partial charge on any atom is 0.231 e. The first-order valence-electron chi connectivity index (χ1n) is 8.87. The van der Waals surface area contributed by atoms with Gasteiger partial charge in [0.1, 0.15) is 5.82 Å². The fraction of sp³-hybridized carbons (Fsp3) is 0.143. The molecule has 0 unspecified atom stereocenters. The molecule has 0 saturated heterocycles. The Morgan fingerprint density at radius 1 is 1.17 bits per heavy atom. The average Bonchev–Trinajstić information content (AvgIpc) is 3.39. The predicted molar refractivity (Wildman–Crippen MR) is 111 cm³/mol. The van der Waals surface area contributed by atoms with E-state index in [1.807, 2.05) is 30.5 Å². The number of aryl methyl sites for hydroxylation is 1. The third-order valence-corrected chi connectivity index (χ3v) is 6.31. The molecule has 146 valence electrons. The number of halogens is 2. The minimum Gasteiger partial charge on any atom is -0.454 e. The molecule has 0 amide bonds. The van der Waals surface area contributed by atoms with Gasteiger partial charge in [-0.15, -0.1) is 11.3 Å². The summed E-state index contributed by atoms with van der Waals surface area (Å²) < 4.78 is 26.8. The second-order valence-electron chi connectivity index (χ2n) is 6.65. The SMILES string of the molecule is Cc1c(-c2nc(-c3c(F)cccc3Cl)nn2C)csc1-c1ccc2c(c1)OCO2. The van der Waals surface area contributed by atoms with E-state index >= 15 is 0 Å². The smallest absolute Gasteiger partial charge is 0.231 e. The number of fused-ring (bicyclic) bond motifs is 1. The van der Waals surface area contributed by atoms with Crippen molar-refractivity contribution in [3.8, 4) is 44.7 Å². The van der Waals surface area contributed by atoms with Gasteiger partial charge in [-0.05, 0) is 48.4 Å². The van der Waals surface area contributed by atoms with E-state index in [0.717, 1.165) is 33.1 Å². The molecule has 0 fully saturated rings. The second kappa shape index (κ2) is 6.86. The van der Waals surface area contributed by atoms with Gasteiger partial charge in [0, 0.05) is 22.9 Å². The van der Waals surface area contributed by atoms with Crippen LogP contribution in [0.4, 0.5) is 4.39 Å². The molecule has 5 nitrogen and oxygen atoms in total. The molecule has 8 heteroatoms. The van der Waals surface area contributed by atoms with E-state index in [-0.39, 0.29) is 23.2 Å². The summed E-state index contributed by atoms with van der Waals surface area (Å²) in [7, 11) is 1.79. The largest absolute Gasteiger partial charge is 0.454 e. The Morgan fingerprint density at radius 3 is 2.83 bits per heavy atom. The normalized spacial score (nSPS) is 12.6. The number of nitrogens with zero attached hydrogens (tertiary/aromatic N) is 3. The number of aromatic nitrogens is 3. The highest BCUT2D eigenvalue weighted by atomic mass is 35.5.